The SMILES string of the molecule is CCC(=O)Nc1ccc(-c2cc3c(o2)CCN(C(=O)c2ccc4c(c2)OCO4)C3)cc1. The normalized spacial score (nSPS) is 14.3. The van der Waals surface area contributed by atoms with Crippen molar-refractivity contribution in [2.24, 2.45) is 0 Å². The molecule has 1 N–H and O–H groups in total. The molecular weight excluding hydrogens is 396 g/mol. The van der Waals surface area contributed by atoms with Gasteiger partial charge in [-0.2, -0.15) is 0 Å². The number of rotatable bonds is 4. The number of hydrogen-bond donors (Lipinski definition) is 1. The van der Waals surface area contributed by atoms with Gasteiger partial charge in [-0.05, 0) is 48.5 Å². The zero-order valence-corrected chi connectivity index (χ0v) is 17.1. The quantitative estimate of drug-likeness (QED) is 0.686. The second-order valence-electron chi connectivity index (χ2n) is 7.58. The molecule has 0 fully saturated rings. The molecular formula is C24H22N2O5. The Kier molecular flexibility index (Phi) is 4.86. The van der Waals surface area contributed by atoms with Crippen LogP contribution in [0.3, 0.4) is 0 Å². The van der Waals surface area contributed by atoms with E-state index in [1.165, 1.54) is 0 Å². The van der Waals surface area contributed by atoms with Crippen molar-refractivity contribution in [1.82, 2.24) is 4.90 Å². The van der Waals surface area contributed by atoms with E-state index in [1.807, 2.05) is 42.2 Å². The van der Waals surface area contributed by atoms with E-state index >= 15 is 0 Å². The van der Waals surface area contributed by atoms with Crippen LogP contribution in [0.15, 0.2) is 52.9 Å². The van der Waals surface area contributed by atoms with Gasteiger partial charge in [-0.3, -0.25) is 9.59 Å². The van der Waals surface area contributed by atoms with Crippen molar-refractivity contribution in [3.63, 3.8) is 0 Å². The first-order valence-corrected chi connectivity index (χ1v) is 10.3. The van der Waals surface area contributed by atoms with Crippen LogP contribution in [0.4, 0.5) is 5.69 Å². The number of amides is 2. The predicted molar refractivity (Wildman–Crippen MR) is 114 cm³/mol. The fourth-order valence-electron chi connectivity index (χ4n) is 3.83. The first-order chi connectivity index (χ1) is 15.1. The third-order valence-electron chi connectivity index (χ3n) is 5.55. The Balaban J connectivity index is 1.31. The van der Waals surface area contributed by atoms with E-state index in [0.717, 1.165) is 28.3 Å². The molecule has 0 bridgehead atoms. The predicted octanol–water partition coefficient (Wildman–Crippen LogP) is 4.22. The average molecular weight is 418 g/mol. The Labute approximate surface area is 179 Å². The molecule has 2 aromatic carbocycles. The van der Waals surface area contributed by atoms with E-state index in [0.29, 0.717) is 43.0 Å². The fraction of sp³-hybridized carbons (Fsp3) is 0.250. The van der Waals surface area contributed by atoms with Gasteiger partial charge in [0.05, 0.1) is 0 Å². The van der Waals surface area contributed by atoms with Crippen LogP contribution in [-0.4, -0.2) is 30.1 Å². The van der Waals surface area contributed by atoms with Crippen molar-refractivity contribution in [3.8, 4) is 22.8 Å². The van der Waals surface area contributed by atoms with Gasteiger partial charge in [-0.1, -0.05) is 6.92 Å². The number of carbonyl (C=O) groups is 2. The monoisotopic (exact) mass is 418 g/mol. The van der Waals surface area contributed by atoms with E-state index in [9.17, 15) is 9.59 Å². The van der Waals surface area contributed by atoms with Crippen molar-refractivity contribution in [3.05, 3.63) is 65.4 Å². The summed E-state index contributed by atoms with van der Waals surface area (Å²) < 4.78 is 16.8. The van der Waals surface area contributed by atoms with Crippen molar-refractivity contribution in [1.29, 1.82) is 0 Å². The summed E-state index contributed by atoms with van der Waals surface area (Å²) in [6, 6.07) is 14.8. The van der Waals surface area contributed by atoms with Crippen LogP contribution in [0.1, 0.15) is 35.0 Å². The molecule has 158 valence electrons. The second-order valence-corrected chi connectivity index (χ2v) is 7.58. The van der Waals surface area contributed by atoms with Gasteiger partial charge in [0.1, 0.15) is 11.5 Å². The Morgan fingerprint density at radius 1 is 1.03 bits per heavy atom. The van der Waals surface area contributed by atoms with Gasteiger partial charge in [0.15, 0.2) is 11.5 Å². The van der Waals surface area contributed by atoms with E-state index in [1.54, 1.807) is 18.2 Å². The highest BCUT2D eigenvalue weighted by Crippen LogP contribution is 2.34. The molecule has 5 rings (SSSR count). The summed E-state index contributed by atoms with van der Waals surface area (Å²) in [5, 5.41) is 2.84. The molecule has 7 nitrogen and oxygen atoms in total. The van der Waals surface area contributed by atoms with Gasteiger partial charge in [0.2, 0.25) is 12.7 Å². The molecule has 0 radical (unpaired) electrons. The highest BCUT2D eigenvalue weighted by atomic mass is 16.7. The fourth-order valence-corrected chi connectivity index (χ4v) is 3.83. The molecule has 1 aromatic heterocycles. The smallest absolute Gasteiger partial charge is 0.254 e. The summed E-state index contributed by atoms with van der Waals surface area (Å²) in [5.41, 5.74) is 3.28. The summed E-state index contributed by atoms with van der Waals surface area (Å²) in [6.07, 6.45) is 1.10. The maximum atomic E-state index is 13.0. The highest BCUT2D eigenvalue weighted by Gasteiger charge is 2.26. The molecule has 2 amide bonds. The lowest BCUT2D eigenvalue weighted by Crippen LogP contribution is -2.35. The van der Waals surface area contributed by atoms with Crippen molar-refractivity contribution >= 4 is 17.5 Å². The maximum absolute atomic E-state index is 13.0. The number of furan rings is 1. The minimum atomic E-state index is -0.0391. The molecule has 7 heteroatoms. The highest BCUT2D eigenvalue weighted by molar-refractivity contribution is 5.95. The molecule has 0 saturated carbocycles. The van der Waals surface area contributed by atoms with Crippen molar-refractivity contribution < 1.29 is 23.5 Å². The standard InChI is InChI=1S/C24H22N2O5/c1-2-23(27)25-18-6-3-15(4-7-18)21-12-17-13-26(10-9-19(17)31-21)24(28)16-5-8-20-22(11-16)30-14-29-20/h3-8,11-12H,2,9-10,13-14H2,1H3,(H,25,27). The number of anilines is 1. The molecule has 0 atom stereocenters. The van der Waals surface area contributed by atoms with Crippen LogP contribution < -0.4 is 14.8 Å². The summed E-state index contributed by atoms with van der Waals surface area (Å²) >= 11 is 0. The summed E-state index contributed by atoms with van der Waals surface area (Å²) in [7, 11) is 0. The van der Waals surface area contributed by atoms with E-state index in [4.69, 9.17) is 13.9 Å². The van der Waals surface area contributed by atoms with Crippen LogP contribution >= 0.6 is 0 Å². The van der Waals surface area contributed by atoms with Crippen LogP contribution in [0.2, 0.25) is 0 Å². The first-order valence-electron chi connectivity index (χ1n) is 10.3. The lowest BCUT2D eigenvalue weighted by molar-refractivity contribution is -0.115. The first kappa shape index (κ1) is 19.2. The van der Waals surface area contributed by atoms with Crippen LogP contribution in [-0.2, 0) is 17.8 Å². The van der Waals surface area contributed by atoms with Crippen LogP contribution in [0, 0.1) is 0 Å². The molecule has 2 aliphatic heterocycles. The number of ether oxygens (including phenoxy) is 2. The third-order valence-corrected chi connectivity index (χ3v) is 5.55. The number of nitrogens with one attached hydrogen (secondary N) is 1. The Morgan fingerprint density at radius 2 is 1.84 bits per heavy atom. The molecule has 0 saturated heterocycles. The second kappa shape index (κ2) is 7.83. The molecule has 2 aliphatic rings. The maximum Gasteiger partial charge on any atom is 0.254 e. The topological polar surface area (TPSA) is 81.0 Å². The third kappa shape index (κ3) is 3.74. The molecule has 0 aliphatic carbocycles. The zero-order valence-electron chi connectivity index (χ0n) is 17.1. The number of hydrogen-bond acceptors (Lipinski definition) is 5. The van der Waals surface area contributed by atoms with Crippen molar-refractivity contribution in [2.45, 2.75) is 26.3 Å². The van der Waals surface area contributed by atoms with E-state index in [2.05, 4.69) is 5.32 Å². The zero-order chi connectivity index (χ0) is 21.4. The molecule has 3 aromatic rings. The minimum absolute atomic E-state index is 0.0200. The van der Waals surface area contributed by atoms with Gasteiger partial charge in [-0.25, -0.2) is 0 Å². The lowest BCUT2D eigenvalue weighted by Gasteiger charge is -2.26. The van der Waals surface area contributed by atoms with Gasteiger partial charge in [-0.15, -0.1) is 0 Å². The lowest BCUT2D eigenvalue weighted by atomic mass is 10.1. The van der Waals surface area contributed by atoms with Crippen molar-refractivity contribution in [2.75, 3.05) is 18.7 Å². The number of carbonyl (C=O) groups excluding carboxylic acids is 2. The van der Waals surface area contributed by atoms with Gasteiger partial charge in [0, 0.05) is 48.3 Å². The minimum Gasteiger partial charge on any atom is -0.461 e. The Hall–Kier alpha value is -3.74. The van der Waals surface area contributed by atoms with Crippen LogP contribution in [0.25, 0.3) is 11.3 Å². The molecule has 31 heavy (non-hydrogen) atoms. The number of nitrogens with zero attached hydrogens (tertiary/aromatic N) is 1. The van der Waals surface area contributed by atoms with Gasteiger partial charge in [0.25, 0.3) is 5.91 Å². The van der Waals surface area contributed by atoms with E-state index in [-0.39, 0.29) is 18.6 Å². The average Bonchev–Trinajstić information content (AvgIpc) is 3.44. The summed E-state index contributed by atoms with van der Waals surface area (Å²) in [6.45, 7) is 3.09. The molecule has 0 unspecified atom stereocenters. The molecule has 0 spiro atoms. The Morgan fingerprint density at radius 3 is 2.65 bits per heavy atom. The number of fused-ring (bicyclic) bond motifs is 2. The molecule has 3 heterocycles. The van der Waals surface area contributed by atoms with Gasteiger partial charge >= 0.3 is 0 Å². The van der Waals surface area contributed by atoms with Crippen LogP contribution in [0.5, 0.6) is 11.5 Å². The number of benzene rings is 2. The summed E-state index contributed by atoms with van der Waals surface area (Å²) in [5.74, 6) is 2.88. The largest absolute Gasteiger partial charge is 0.461 e. The van der Waals surface area contributed by atoms with E-state index < -0.39 is 0 Å². The van der Waals surface area contributed by atoms with Gasteiger partial charge < -0.3 is 24.1 Å². The summed E-state index contributed by atoms with van der Waals surface area (Å²) in [4.78, 5) is 26.4. The Bertz CT molecular complexity index is 1150.